The SMILES string of the molecule is COC(=O)c1c(NC(=O)C2CCN(S(=O)(=O)c3c(C)noc3C)CC2)sc2c1CCCCC2. The van der Waals surface area contributed by atoms with Crippen molar-refractivity contribution in [1.82, 2.24) is 9.46 Å². The molecule has 0 aromatic carbocycles. The summed E-state index contributed by atoms with van der Waals surface area (Å²) in [6.07, 6.45) is 5.71. The summed E-state index contributed by atoms with van der Waals surface area (Å²) in [5.41, 5.74) is 1.81. The molecule has 0 saturated carbocycles. The summed E-state index contributed by atoms with van der Waals surface area (Å²) >= 11 is 1.46. The molecule has 1 saturated heterocycles. The minimum Gasteiger partial charge on any atom is -0.465 e. The molecular formula is C22H29N3O6S2. The number of anilines is 1. The van der Waals surface area contributed by atoms with Crippen molar-refractivity contribution < 1.29 is 27.3 Å². The van der Waals surface area contributed by atoms with Crippen molar-refractivity contribution >= 4 is 38.2 Å². The van der Waals surface area contributed by atoms with E-state index in [1.165, 1.54) is 22.8 Å². The smallest absolute Gasteiger partial charge is 0.341 e. The van der Waals surface area contributed by atoms with Crippen LogP contribution in [0.4, 0.5) is 5.00 Å². The van der Waals surface area contributed by atoms with Crippen LogP contribution in [0.15, 0.2) is 9.42 Å². The van der Waals surface area contributed by atoms with Crippen LogP contribution >= 0.6 is 11.3 Å². The maximum absolute atomic E-state index is 13.1. The van der Waals surface area contributed by atoms with Crippen molar-refractivity contribution in [2.45, 2.75) is 63.7 Å². The number of rotatable bonds is 5. The molecule has 11 heteroatoms. The molecule has 180 valence electrons. The molecule has 1 N–H and O–H groups in total. The summed E-state index contributed by atoms with van der Waals surface area (Å²) in [4.78, 5) is 26.8. The van der Waals surface area contributed by atoms with Crippen LogP contribution in [-0.4, -0.2) is 50.0 Å². The predicted octanol–water partition coefficient (Wildman–Crippen LogP) is 3.45. The van der Waals surface area contributed by atoms with E-state index in [0.717, 1.165) is 42.5 Å². The van der Waals surface area contributed by atoms with Gasteiger partial charge in [-0.1, -0.05) is 11.6 Å². The largest absolute Gasteiger partial charge is 0.465 e. The number of carbonyl (C=O) groups is 2. The normalized spacial score (nSPS) is 17.9. The minimum absolute atomic E-state index is 0.105. The molecule has 0 unspecified atom stereocenters. The molecule has 9 nitrogen and oxygen atoms in total. The Bertz CT molecular complexity index is 1140. The lowest BCUT2D eigenvalue weighted by Crippen LogP contribution is -2.41. The Balaban J connectivity index is 1.47. The van der Waals surface area contributed by atoms with Gasteiger partial charge in [0.05, 0.1) is 12.7 Å². The fourth-order valence-corrected chi connectivity index (χ4v) is 7.73. The third kappa shape index (κ3) is 4.58. The van der Waals surface area contributed by atoms with Crippen LogP contribution in [0.25, 0.3) is 0 Å². The molecular weight excluding hydrogens is 466 g/mol. The molecule has 0 bridgehead atoms. The molecule has 1 fully saturated rings. The fraction of sp³-hybridized carbons (Fsp3) is 0.591. The van der Waals surface area contributed by atoms with Gasteiger partial charge in [0.15, 0.2) is 5.76 Å². The van der Waals surface area contributed by atoms with Gasteiger partial charge in [0.1, 0.15) is 15.6 Å². The van der Waals surface area contributed by atoms with Crippen LogP contribution in [0.5, 0.6) is 0 Å². The van der Waals surface area contributed by atoms with Crippen LogP contribution in [0.2, 0.25) is 0 Å². The summed E-state index contributed by atoms with van der Waals surface area (Å²) in [5.74, 6) is -0.690. The zero-order chi connectivity index (χ0) is 23.8. The maximum Gasteiger partial charge on any atom is 0.341 e. The number of methoxy groups -OCH3 is 1. The Morgan fingerprint density at radius 3 is 2.48 bits per heavy atom. The molecule has 33 heavy (non-hydrogen) atoms. The molecule has 1 aliphatic carbocycles. The van der Waals surface area contributed by atoms with Gasteiger partial charge in [0.25, 0.3) is 0 Å². The number of fused-ring (bicyclic) bond motifs is 1. The first-order valence-corrected chi connectivity index (χ1v) is 13.5. The number of sulfonamides is 1. The summed E-state index contributed by atoms with van der Waals surface area (Å²) in [6, 6.07) is 0. The molecule has 3 heterocycles. The number of carbonyl (C=O) groups excluding carboxylic acids is 2. The Labute approximate surface area is 197 Å². The molecule has 4 rings (SSSR count). The topological polar surface area (TPSA) is 119 Å². The van der Waals surface area contributed by atoms with Crippen molar-refractivity contribution in [3.8, 4) is 0 Å². The lowest BCUT2D eigenvalue weighted by atomic mass is 9.97. The molecule has 2 aromatic heterocycles. The summed E-state index contributed by atoms with van der Waals surface area (Å²) in [6.45, 7) is 3.64. The Hall–Kier alpha value is -2.24. The second-order valence-electron chi connectivity index (χ2n) is 8.58. The number of hydrogen-bond donors (Lipinski definition) is 1. The molecule has 0 radical (unpaired) electrons. The highest BCUT2D eigenvalue weighted by atomic mass is 32.2. The number of ether oxygens (including phenoxy) is 1. The van der Waals surface area contributed by atoms with E-state index in [2.05, 4.69) is 10.5 Å². The van der Waals surface area contributed by atoms with E-state index in [4.69, 9.17) is 9.26 Å². The van der Waals surface area contributed by atoms with E-state index >= 15 is 0 Å². The number of nitrogens with one attached hydrogen (secondary N) is 1. The van der Waals surface area contributed by atoms with Crippen molar-refractivity contribution in [2.75, 3.05) is 25.5 Å². The van der Waals surface area contributed by atoms with E-state index in [1.807, 2.05) is 0 Å². The Morgan fingerprint density at radius 1 is 1.15 bits per heavy atom. The van der Waals surface area contributed by atoms with Gasteiger partial charge >= 0.3 is 5.97 Å². The third-order valence-electron chi connectivity index (χ3n) is 6.44. The highest BCUT2D eigenvalue weighted by Gasteiger charge is 2.36. The Kier molecular flexibility index (Phi) is 6.92. The lowest BCUT2D eigenvalue weighted by Gasteiger charge is -2.30. The van der Waals surface area contributed by atoms with E-state index in [-0.39, 0.29) is 35.6 Å². The molecule has 1 amide bonds. The number of thiophene rings is 1. The number of aryl methyl sites for hydroxylation is 3. The van der Waals surface area contributed by atoms with Gasteiger partial charge < -0.3 is 14.6 Å². The zero-order valence-corrected chi connectivity index (χ0v) is 20.7. The third-order valence-corrected chi connectivity index (χ3v) is 9.79. The number of esters is 1. The van der Waals surface area contributed by atoms with Gasteiger partial charge in [-0.3, -0.25) is 4.79 Å². The van der Waals surface area contributed by atoms with Crippen LogP contribution in [0, 0.1) is 19.8 Å². The molecule has 1 aliphatic heterocycles. The van der Waals surface area contributed by atoms with E-state index in [0.29, 0.717) is 29.1 Å². The highest BCUT2D eigenvalue weighted by Crippen LogP contribution is 2.38. The number of piperidine rings is 1. The number of aromatic nitrogens is 1. The van der Waals surface area contributed by atoms with Gasteiger partial charge in [-0.2, -0.15) is 4.31 Å². The van der Waals surface area contributed by atoms with E-state index in [9.17, 15) is 18.0 Å². The Morgan fingerprint density at radius 2 is 1.85 bits per heavy atom. The van der Waals surface area contributed by atoms with Gasteiger partial charge in [-0.25, -0.2) is 13.2 Å². The quantitative estimate of drug-likeness (QED) is 0.498. The van der Waals surface area contributed by atoms with Crippen LogP contribution in [0.3, 0.4) is 0 Å². The average Bonchev–Trinajstić information content (AvgIpc) is 3.22. The van der Waals surface area contributed by atoms with Gasteiger partial charge in [0.2, 0.25) is 15.9 Å². The fourth-order valence-electron chi connectivity index (χ4n) is 4.69. The van der Waals surface area contributed by atoms with Gasteiger partial charge in [0, 0.05) is 23.9 Å². The first-order valence-electron chi connectivity index (χ1n) is 11.2. The van der Waals surface area contributed by atoms with Crippen LogP contribution < -0.4 is 5.32 Å². The molecule has 0 spiro atoms. The van der Waals surface area contributed by atoms with Crippen LogP contribution in [0.1, 0.15) is 64.4 Å². The number of amides is 1. The molecule has 0 atom stereocenters. The van der Waals surface area contributed by atoms with Gasteiger partial charge in [-0.15, -0.1) is 11.3 Å². The minimum atomic E-state index is -3.73. The van der Waals surface area contributed by atoms with Crippen LogP contribution in [-0.2, 0) is 32.4 Å². The summed E-state index contributed by atoms with van der Waals surface area (Å²) in [7, 11) is -2.38. The standard InChI is InChI=1S/C22H29N3O6S2/c1-13-19(14(2)31-24-13)33(28,29)25-11-9-15(10-12-25)20(26)23-21-18(22(27)30-3)16-7-5-4-6-8-17(16)32-21/h15H,4-12H2,1-3H3,(H,23,26). The second-order valence-corrected chi connectivity index (χ2v) is 11.6. The summed E-state index contributed by atoms with van der Waals surface area (Å²) < 4.78 is 37.5. The molecule has 2 aromatic rings. The van der Waals surface area contributed by atoms with Crippen molar-refractivity contribution in [1.29, 1.82) is 0 Å². The van der Waals surface area contributed by atoms with Crippen molar-refractivity contribution in [3.05, 3.63) is 27.5 Å². The predicted molar refractivity (Wildman–Crippen MR) is 123 cm³/mol. The lowest BCUT2D eigenvalue weighted by molar-refractivity contribution is -0.120. The summed E-state index contributed by atoms with van der Waals surface area (Å²) in [5, 5.41) is 7.25. The highest BCUT2D eigenvalue weighted by molar-refractivity contribution is 7.89. The average molecular weight is 496 g/mol. The van der Waals surface area contributed by atoms with Crippen molar-refractivity contribution in [2.24, 2.45) is 5.92 Å². The first-order chi connectivity index (χ1) is 15.7. The maximum atomic E-state index is 13.1. The molecule has 2 aliphatic rings. The number of nitrogens with zero attached hydrogens (tertiary/aromatic N) is 2. The van der Waals surface area contributed by atoms with E-state index in [1.54, 1.807) is 13.8 Å². The zero-order valence-electron chi connectivity index (χ0n) is 19.1. The van der Waals surface area contributed by atoms with E-state index < -0.39 is 16.0 Å². The monoisotopic (exact) mass is 495 g/mol. The second kappa shape index (κ2) is 9.55. The number of hydrogen-bond acceptors (Lipinski definition) is 8. The first kappa shape index (κ1) is 23.9. The van der Waals surface area contributed by atoms with Gasteiger partial charge in [-0.05, 0) is 57.9 Å². The van der Waals surface area contributed by atoms with Crippen molar-refractivity contribution in [3.63, 3.8) is 0 Å².